The Morgan fingerprint density at radius 3 is 2.46 bits per heavy atom. The molecule has 2 aromatic rings. The van der Waals surface area contributed by atoms with Gasteiger partial charge in [-0.15, -0.1) is 0 Å². The van der Waals surface area contributed by atoms with E-state index in [1.807, 2.05) is 6.07 Å². The number of nitrogens with one attached hydrogen (secondary N) is 2. The van der Waals surface area contributed by atoms with Crippen LogP contribution in [0.2, 0.25) is 0 Å². The van der Waals surface area contributed by atoms with E-state index in [9.17, 15) is 18.0 Å². The van der Waals surface area contributed by atoms with E-state index in [0.717, 1.165) is 24.8 Å². The Kier molecular flexibility index (Phi) is 4.91. The molecular formula is C20H21N3O4S. The van der Waals surface area contributed by atoms with Gasteiger partial charge < -0.3 is 10.6 Å². The maximum absolute atomic E-state index is 12.6. The molecule has 0 aromatic heterocycles. The average Bonchev–Trinajstić information content (AvgIpc) is 3.24. The first kappa shape index (κ1) is 18.6. The van der Waals surface area contributed by atoms with Crippen LogP contribution in [-0.4, -0.2) is 44.2 Å². The van der Waals surface area contributed by atoms with Crippen molar-refractivity contribution < 1.29 is 18.0 Å². The number of hydrogen-bond donors (Lipinski definition) is 2. The maximum atomic E-state index is 12.6. The van der Waals surface area contributed by atoms with Gasteiger partial charge in [0.1, 0.15) is 0 Å². The van der Waals surface area contributed by atoms with Crippen molar-refractivity contribution in [3.05, 3.63) is 59.2 Å². The van der Waals surface area contributed by atoms with E-state index in [-0.39, 0.29) is 16.7 Å². The number of carbonyl (C=O) groups is 2. The number of amides is 2. The van der Waals surface area contributed by atoms with Crippen molar-refractivity contribution in [2.75, 3.05) is 25.0 Å². The number of anilines is 1. The molecular weight excluding hydrogens is 378 g/mol. The normalized spacial score (nSPS) is 17.1. The number of fused-ring (bicyclic) bond motifs is 1. The first-order chi connectivity index (χ1) is 13.4. The van der Waals surface area contributed by atoms with Crippen molar-refractivity contribution in [3.63, 3.8) is 0 Å². The minimum absolute atomic E-state index is 0.145. The lowest BCUT2D eigenvalue weighted by atomic mass is 10.00. The van der Waals surface area contributed by atoms with E-state index in [1.165, 1.54) is 28.6 Å². The topological polar surface area (TPSA) is 95.6 Å². The highest BCUT2D eigenvalue weighted by Gasteiger charge is 2.27. The van der Waals surface area contributed by atoms with E-state index in [2.05, 4.69) is 10.6 Å². The first-order valence-electron chi connectivity index (χ1n) is 9.28. The van der Waals surface area contributed by atoms with Crippen molar-refractivity contribution >= 4 is 27.5 Å². The first-order valence-corrected chi connectivity index (χ1v) is 10.7. The highest BCUT2D eigenvalue weighted by atomic mass is 32.2. The van der Waals surface area contributed by atoms with Crippen LogP contribution in [-0.2, 0) is 16.4 Å². The van der Waals surface area contributed by atoms with Gasteiger partial charge in [-0.2, -0.15) is 4.31 Å². The predicted molar refractivity (Wildman–Crippen MR) is 105 cm³/mol. The number of carbonyl (C=O) groups excluding carboxylic acids is 2. The fourth-order valence-electron chi connectivity index (χ4n) is 3.55. The summed E-state index contributed by atoms with van der Waals surface area (Å²) in [5.41, 5.74) is 2.39. The molecule has 7 nitrogen and oxygen atoms in total. The summed E-state index contributed by atoms with van der Waals surface area (Å²) in [7, 11) is -3.50. The van der Waals surface area contributed by atoms with Gasteiger partial charge in [0.05, 0.1) is 4.90 Å². The second kappa shape index (κ2) is 7.37. The third-order valence-electron chi connectivity index (χ3n) is 5.11. The van der Waals surface area contributed by atoms with E-state index < -0.39 is 10.0 Å². The molecule has 28 heavy (non-hydrogen) atoms. The standard InChI is InChI=1S/C20H21N3O4S/c24-19(22-16-6-3-14-9-10-21-20(25)18(14)13-16)15-4-7-17(8-5-15)28(26,27)23-11-1-2-12-23/h3-8,13H,1-2,9-12H2,(H,21,25)(H,22,24). The van der Waals surface area contributed by atoms with Crippen LogP contribution in [0.3, 0.4) is 0 Å². The quantitative estimate of drug-likeness (QED) is 0.822. The molecule has 0 spiro atoms. The molecule has 0 saturated carbocycles. The highest BCUT2D eigenvalue weighted by molar-refractivity contribution is 7.89. The molecule has 4 rings (SSSR count). The highest BCUT2D eigenvalue weighted by Crippen LogP contribution is 2.22. The molecule has 0 aliphatic carbocycles. The zero-order valence-corrected chi connectivity index (χ0v) is 16.1. The molecule has 0 atom stereocenters. The summed E-state index contributed by atoms with van der Waals surface area (Å²) < 4.78 is 26.6. The molecule has 2 aromatic carbocycles. The summed E-state index contributed by atoms with van der Waals surface area (Å²) in [6.07, 6.45) is 2.51. The summed E-state index contributed by atoms with van der Waals surface area (Å²) in [4.78, 5) is 24.6. The Morgan fingerprint density at radius 2 is 1.75 bits per heavy atom. The molecule has 146 valence electrons. The number of nitrogens with zero attached hydrogens (tertiary/aromatic N) is 1. The van der Waals surface area contributed by atoms with Gasteiger partial charge in [0.15, 0.2) is 0 Å². The number of rotatable bonds is 4. The van der Waals surface area contributed by atoms with Crippen LogP contribution in [0.4, 0.5) is 5.69 Å². The molecule has 2 heterocycles. The van der Waals surface area contributed by atoms with Crippen LogP contribution >= 0.6 is 0 Å². The fourth-order valence-corrected chi connectivity index (χ4v) is 5.07. The van der Waals surface area contributed by atoms with Crippen molar-refractivity contribution in [2.45, 2.75) is 24.2 Å². The molecule has 0 unspecified atom stereocenters. The van der Waals surface area contributed by atoms with Gasteiger partial charge in [0.25, 0.3) is 11.8 Å². The van der Waals surface area contributed by atoms with Crippen molar-refractivity contribution in [3.8, 4) is 0 Å². The summed E-state index contributed by atoms with van der Waals surface area (Å²) in [6, 6.07) is 11.2. The van der Waals surface area contributed by atoms with E-state index >= 15 is 0 Å². The molecule has 2 aliphatic heterocycles. The van der Waals surface area contributed by atoms with Crippen LogP contribution in [0.25, 0.3) is 0 Å². The van der Waals surface area contributed by atoms with Gasteiger partial charge in [-0.3, -0.25) is 9.59 Å². The van der Waals surface area contributed by atoms with Gasteiger partial charge in [-0.05, 0) is 61.2 Å². The second-order valence-electron chi connectivity index (χ2n) is 6.97. The SMILES string of the molecule is O=C(Nc1ccc2c(c1)C(=O)NCC2)c1ccc(S(=O)(=O)N2CCCC2)cc1. The number of sulfonamides is 1. The van der Waals surface area contributed by atoms with Gasteiger partial charge in [0, 0.05) is 36.4 Å². The maximum Gasteiger partial charge on any atom is 0.255 e. The second-order valence-corrected chi connectivity index (χ2v) is 8.91. The minimum atomic E-state index is -3.50. The molecule has 1 saturated heterocycles. The number of benzene rings is 2. The third-order valence-corrected chi connectivity index (χ3v) is 7.02. The van der Waals surface area contributed by atoms with Crippen LogP contribution in [0.5, 0.6) is 0 Å². The molecule has 2 amide bonds. The van der Waals surface area contributed by atoms with E-state index in [4.69, 9.17) is 0 Å². The predicted octanol–water partition coefficient (Wildman–Crippen LogP) is 2.01. The van der Waals surface area contributed by atoms with Crippen LogP contribution < -0.4 is 10.6 Å². The molecule has 2 aliphatic rings. The third kappa shape index (κ3) is 3.53. The lowest BCUT2D eigenvalue weighted by molar-refractivity contribution is 0.0944. The Bertz CT molecular complexity index is 1030. The Morgan fingerprint density at radius 1 is 1.04 bits per heavy atom. The zero-order valence-electron chi connectivity index (χ0n) is 15.3. The van der Waals surface area contributed by atoms with E-state index in [1.54, 1.807) is 12.1 Å². The monoisotopic (exact) mass is 399 g/mol. The summed E-state index contributed by atoms with van der Waals surface area (Å²) >= 11 is 0. The van der Waals surface area contributed by atoms with Crippen molar-refractivity contribution in [1.29, 1.82) is 0 Å². The van der Waals surface area contributed by atoms with Crippen LogP contribution in [0.15, 0.2) is 47.4 Å². The fraction of sp³-hybridized carbons (Fsp3) is 0.300. The van der Waals surface area contributed by atoms with Crippen molar-refractivity contribution in [1.82, 2.24) is 9.62 Å². The van der Waals surface area contributed by atoms with Gasteiger partial charge in [-0.25, -0.2) is 8.42 Å². The molecule has 8 heteroatoms. The summed E-state index contributed by atoms with van der Waals surface area (Å²) in [6.45, 7) is 1.69. The lowest BCUT2D eigenvalue weighted by Gasteiger charge is -2.17. The Balaban J connectivity index is 1.50. The average molecular weight is 399 g/mol. The van der Waals surface area contributed by atoms with Gasteiger partial charge >= 0.3 is 0 Å². The molecule has 1 fully saturated rings. The minimum Gasteiger partial charge on any atom is -0.352 e. The molecule has 2 N–H and O–H groups in total. The molecule has 0 radical (unpaired) electrons. The molecule has 0 bridgehead atoms. The number of hydrogen-bond acceptors (Lipinski definition) is 4. The van der Waals surface area contributed by atoms with Crippen LogP contribution in [0.1, 0.15) is 39.1 Å². The van der Waals surface area contributed by atoms with Gasteiger partial charge in [0.2, 0.25) is 10.0 Å². The van der Waals surface area contributed by atoms with E-state index in [0.29, 0.717) is 36.4 Å². The van der Waals surface area contributed by atoms with Crippen molar-refractivity contribution in [2.24, 2.45) is 0 Å². The summed E-state index contributed by atoms with van der Waals surface area (Å²) in [5, 5.41) is 5.54. The Hall–Kier alpha value is -2.71. The van der Waals surface area contributed by atoms with Gasteiger partial charge in [-0.1, -0.05) is 6.07 Å². The lowest BCUT2D eigenvalue weighted by Crippen LogP contribution is -2.31. The summed E-state index contributed by atoms with van der Waals surface area (Å²) in [5.74, 6) is -0.505. The van der Waals surface area contributed by atoms with Crippen LogP contribution in [0, 0.1) is 0 Å². The Labute approximate surface area is 163 Å². The zero-order chi connectivity index (χ0) is 19.7. The smallest absolute Gasteiger partial charge is 0.255 e. The largest absolute Gasteiger partial charge is 0.352 e.